The van der Waals surface area contributed by atoms with Gasteiger partial charge in [0.05, 0.1) is 34.0 Å². The highest BCUT2D eigenvalue weighted by Gasteiger charge is 2.64. The molecule has 11 heteroatoms. The number of amides is 2. The number of non-ortho nitro benzene ring substituents is 1. The summed E-state index contributed by atoms with van der Waals surface area (Å²) in [6.45, 7) is 0. The van der Waals surface area contributed by atoms with Gasteiger partial charge in [0.1, 0.15) is 11.6 Å². The van der Waals surface area contributed by atoms with Gasteiger partial charge in [0.15, 0.2) is 0 Å². The number of hydrogen-bond acceptors (Lipinski definition) is 8. The number of para-hydroxylation sites is 2. The molecule has 0 aliphatic carbocycles. The zero-order valence-corrected chi connectivity index (χ0v) is 19.6. The zero-order chi connectivity index (χ0) is 26.1. The first-order valence-corrected chi connectivity index (χ1v) is 12.0. The minimum absolute atomic E-state index is 0.155. The van der Waals surface area contributed by atoms with Gasteiger partial charge < -0.3 is 4.90 Å². The fraction of sp³-hybridized carbons (Fsp3) is 0.148. The Morgan fingerprint density at radius 3 is 2.39 bits per heavy atom. The van der Waals surface area contributed by atoms with Crippen molar-refractivity contribution in [2.45, 2.75) is 12.1 Å². The van der Waals surface area contributed by atoms with Crippen LogP contribution in [0.25, 0.3) is 17.1 Å². The predicted octanol–water partition coefficient (Wildman–Crippen LogP) is 3.07. The molecule has 2 fully saturated rings. The maximum absolute atomic E-state index is 14.2. The lowest BCUT2D eigenvalue weighted by atomic mass is 9.88. The number of hydrogen-bond donors (Lipinski definition) is 0. The predicted molar refractivity (Wildman–Crippen MR) is 136 cm³/mol. The van der Waals surface area contributed by atoms with Crippen LogP contribution in [0.5, 0.6) is 0 Å². The fourth-order valence-corrected chi connectivity index (χ4v) is 5.93. The summed E-state index contributed by atoms with van der Waals surface area (Å²) in [4.78, 5) is 55.4. The van der Waals surface area contributed by atoms with Gasteiger partial charge in [-0.3, -0.25) is 24.5 Å². The number of anilines is 2. The van der Waals surface area contributed by atoms with Crippen molar-refractivity contribution in [2.75, 3.05) is 9.80 Å². The zero-order valence-electron chi connectivity index (χ0n) is 19.6. The summed E-state index contributed by atoms with van der Waals surface area (Å²) in [5, 5.41) is 19.3. The molecule has 2 saturated heterocycles. The molecule has 3 aromatic carbocycles. The fourth-order valence-electron chi connectivity index (χ4n) is 5.93. The van der Waals surface area contributed by atoms with Gasteiger partial charge in [0.25, 0.3) is 11.6 Å². The Hall–Kier alpha value is -5.19. The SMILES string of the molecule is O=C1[C@H]2[C@H](C(=O)N1c1ccc([N+](=O)[O-])cc1)[C@@H](C(=O)n1nnc3ccccc31)N1c3ccccc3C=C[C@H]21. The molecular weight excluding hydrogens is 488 g/mol. The maximum Gasteiger partial charge on any atom is 0.272 e. The van der Waals surface area contributed by atoms with Gasteiger partial charge >= 0.3 is 0 Å². The first kappa shape index (κ1) is 22.0. The molecule has 4 atom stereocenters. The molecule has 1 aromatic heterocycles. The van der Waals surface area contributed by atoms with Crippen LogP contribution in [-0.2, 0) is 9.59 Å². The number of fused-ring (bicyclic) bond motifs is 6. The van der Waals surface area contributed by atoms with Gasteiger partial charge in [-0.1, -0.05) is 47.7 Å². The second-order valence-corrected chi connectivity index (χ2v) is 9.43. The first-order valence-electron chi connectivity index (χ1n) is 12.0. The van der Waals surface area contributed by atoms with E-state index in [0.717, 1.165) is 16.2 Å². The molecule has 3 aliphatic heterocycles. The van der Waals surface area contributed by atoms with E-state index < -0.39 is 46.6 Å². The molecule has 2 amide bonds. The van der Waals surface area contributed by atoms with Crippen molar-refractivity contribution >= 4 is 51.9 Å². The molecule has 0 N–H and O–H groups in total. The third kappa shape index (κ3) is 2.92. The van der Waals surface area contributed by atoms with Crippen LogP contribution in [-0.4, -0.2) is 49.7 Å². The number of nitrogens with zero attached hydrogens (tertiary/aromatic N) is 6. The number of benzene rings is 3. The Bertz CT molecular complexity index is 1710. The van der Waals surface area contributed by atoms with E-state index in [2.05, 4.69) is 10.3 Å². The van der Waals surface area contributed by atoms with Crippen molar-refractivity contribution < 1.29 is 19.3 Å². The molecule has 38 heavy (non-hydrogen) atoms. The number of nitro benzene ring substituents is 1. The van der Waals surface area contributed by atoms with Crippen molar-refractivity contribution in [2.24, 2.45) is 11.8 Å². The van der Waals surface area contributed by atoms with Gasteiger partial charge in [0, 0.05) is 17.8 Å². The van der Waals surface area contributed by atoms with E-state index in [4.69, 9.17) is 0 Å². The van der Waals surface area contributed by atoms with Crippen molar-refractivity contribution in [3.63, 3.8) is 0 Å². The van der Waals surface area contributed by atoms with Gasteiger partial charge in [-0.15, -0.1) is 5.10 Å². The van der Waals surface area contributed by atoms with Crippen molar-refractivity contribution in [1.29, 1.82) is 0 Å². The Balaban J connectivity index is 1.37. The summed E-state index contributed by atoms with van der Waals surface area (Å²) in [6, 6.07) is 18.2. The molecule has 0 unspecified atom stereocenters. The maximum atomic E-state index is 14.2. The van der Waals surface area contributed by atoms with E-state index in [1.807, 2.05) is 41.3 Å². The summed E-state index contributed by atoms with van der Waals surface area (Å²) >= 11 is 0. The molecule has 4 aromatic rings. The lowest BCUT2D eigenvalue weighted by Crippen LogP contribution is -2.50. The summed E-state index contributed by atoms with van der Waals surface area (Å²) < 4.78 is 1.20. The van der Waals surface area contributed by atoms with Crippen LogP contribution in [0, 0.1) is 22.0 Å². The van der Waals surface area contributed by atoms with Crippen LogP contribution >= 0.6 is 0 Å². The number of rotatable bonds is 3. The number of imide groups is 1. The second-order valence-electron chi connectivity index (χ2n) is 9.43. The Morgan fingerprint density at radius 2 is 1.61 bits per heavy atom. The lowest BCUT2D eigenvalue weighted by Gasteiger charge is -2.36. The van der Waals surface area contributed by atoms with Gasteiger partial charge in [-0.05, 0) is 35.9 Å². The molecule has 4 heterocycles. The standard InChI is InChI=1S/C27H18N6O5/c34-25-22-21-14-9-15-5-1-3-7-19(15)31(21)24(27(36)32-20-8-4-2-6-18(20)28-29-32)23(22)26(35)30(25)16-10-12-17(13-11-16)33(37)38/h1-14,21-24H/t21-,22-,23+,24+/m1/s1. The van der Waals surface area contributed by atoms with Crippen LogP contribution in [0.1, 0.15) is 10.4 Å². The normalized spacial score (nSPS) is 23.5. The molecule has 7 rings (SSSR count). The summed E-state index contributed by atoms with van der Waals surface area (Å²) in [5.41, 5.74) is 2.73. The summed E-state index contributed by atoms with van der Waals surface area (Å²) in [5.74, 6) is -3.27. The minimum Gasteiger partial charge on any atom is -0.351 e. The first-order chi connectivity index (χ1) is 18.5. The average molecular weight is 506 g/mol. The molecular formula is C27H18N6O5. The number of carbonyl (C=O) groups excluding carboxylic acids is 3. The average Bonchev–Trinajstić information content (AvgIpc) is 3.59. The van der Waals surface area contributed by atoms with E-state index >= 15 is 0 Å². The van der Waals surface area contributed by atoms with Crippen molar-refractivity contribution in [3.05, 3.63) is 94.6 Å². The third-order valence-electron chi connectivity index (χ3n) is 7.55. The van der Waals surface area contributed by atoms with Crippen molar-refractivity contribution in [1.82, 2.24) is 15.0 Å². The largest absolute Gasteiger partial charge is 0.351 e. The van der Waals surface area contributed by atoms with Crippen LogP contribution in [0.15, 0.2) is 78.9 Å². The molecule has 0 spiro atoms. The van der Waals surface area contributed by atoms with E-state index in [-0.39, 0.29) is 11.4 Å². The van der Waals surface area contributed by atoms with Gasteiger partial charge in [0.2, 0.25) is 11.8 Å². The van der Waals surface area contributed by atoms with Crippen LogP contribution in [0.4, 0.5) is 17.1 Å². The number of aromatic nitrogens is 3. The lowest BCUT2D eigenvalue weighted by molar-refractivity contribution is -0.384. The van der Waals surface area contributed by atoms with Crippen LogP contribution < -0.4 is 9.80 Å². The highest BCUT2D eigenvalue weighted by Crippen LogP contribution is 2.49. The highest BCUT2D eigenvalue weighted by molar-refractivity contribution is 6.25. The minimum atomic E-state index is -1.03. The second kappa shape index (κ2) is 7.90. The number of nitro groups is 1. The van der Waals surface area contributed by atoms with Crippen LogP contribution in [0.3, 0.4) is 0 Å². The smallest absolute Gasteiger partial charge is 0.272 e. The molecule has 3 aliphatic rings. The molecule has 0 radical (unpaired) electrons. The van der Waals surface area contributed by atoms with E-state index in [1.54, 1.807) is 24.3 Å². The Morgan fingerprint density at radius 1 is 0.895 bits per heavy atom. The van der Waals surface area contributed by atoms with E-state index in [1.165, 1.54) is 28.9 Å². The Labute approximate surface area is 214 Å². The van der Waals surface area contributed by atoms with E-state index in [0.29, 0.717) is 11.0 Å². The topological polar surface area (TPSA) is 132 Å². The monoisotopic (exact) mass is 506 g/mol. The van der Waals surface area contributed by atoms with E-state index in [9.17, 15) is 24.5 Å². The third-order valence-corrected chi connectivity index (χ3v) is 7.55. The van der Waals surface area contributed by atoms with Crippen LogP contribution in [0.2, 0.25) is 0 Å². The molecule has 186 valence electrons. The molecule has 0 bridgehead atoms. The van der Waals surface area contributed by atoms with Gasteiger partial charge in [-0.2, -0.15) is 4.68 Å². The summed E-state index contributed by atoms with van der Waals surface area (Å²) in [6.07, 6.45) is 3.76. The number of carbonyl (C=O) groups is 3. The quantitative estimate of drug-likeness (QED) is 0.235. The Kier molecular flexibility index (Phi) is 4.58. The highest BCUT2D eigenvalue weighted by atomic mass is 16.6. The van der Waals surface area contributed by atoms with Crippen molar-refractivity contribution in [3.8, 4) is 0 Å². The summed E-state index contributed by atoms with van der Waals surface area (Å²) in [7, 11) is 0. The van der Waals surface area contributed by atoms with Gasteiger partial charge in [-0.25, -0.2) is 4.90 Å². The molecule has 11 nitrogen and oxygen atoms in total. The molecule has 0 saturated carbocycles.